The number of hydrogen-bond acceptors (Lipinski definition) is 4. The van der Waals surface area contributed by atoms with Gasteiger partial charge in [-0.3, -0.25) is 19.4 Å². The standard InChI is InChI=1S/C22H32N4O3/c1-6-9-10-18(8-3)13-23-14-20-25(16-27)24(11-7-2)15-21(28)26(20)19(22(23)29)12-17(4)5/h2,6,9-10,16-17,19-20H,8,11-15H2,1,3-5H3/b9-6-,18-10+/t19-,20?/m0/s1. The fourth-order valence-electron chi connectivity index (χ4n) is 3.91. The van der Waals surface area contributed by atoms with Gasteiger partial charge in [-0.15, -0.1) is 6.42 Å². The number of amides is 3. The summed E-state index contributed by atoms with van der Waals surface area (Å²) in [6.45, 7) is 8.98. The van der Waals surface area contributed by atoms with Crippen molar-refractivity contribution in [2.75, 3.05) is 26.2 Å². The molecule has 2 atom stereocenters. The summed E-state index contributed by atoms with van der Waals surface area (Å²) in [5.41, 5.74) is 1.12. The molecule has 0 aromatic rings. The summed E-state index contributed by atoms with van der Waals surface area (Å²) in [4.78, 5) is 41.5. The van der Waals surface area contributed by atoms with E-state index in [4.69, 9.17) is 6.42 Å². The molecule has 158 valence electrons. The lowest BCUT2D eigenvalue weighted by Gasteiger charge is -2.54. The highest BCUT2D eigenvalue weighted by atomic mass is 16.2. The highest BCUT2D eigenvalue weighted by molar-refractivity contribution is 5.91. The predicted molar refractivity (Wildman–Crippen MR) is 112 cm³/mol. The molecule has 7 nitrogen and oxygen atoms in total. The van der Waals surface area contributed by atoms with Crippen LogP contribution in [0.5, 0.6) is 0 Å². The molecule has 2 fully saturated rings. The van der Waals surface area contributed by atoms with Gasteiger partial charge in [0.2, 0.25) is 18.2 Å². The molecule has 2 rings (SSSR count). The third-order valence-electron chi connectivity index (χ3n) is 5.32. The van der Waals surface area contributed by atoms with Gasteiger partial charge in [0.25, 0.3) is 0 Å². The summed E-state index contributed by atoms with van der Waals surface area (Å²) in [6, 6.07) is -0.573. The maximum Gasteiger partial charge on any atom is 0.245 e. The second-order valence-electron chi connectivity index (χ2n) is 7.86. The Labute approximate surface area is 174 Å². The second kappa shape index (κ2) is 10.3. The average molecular weight is 401 g/mol. The van der Waals surface area contributed by atoms with Crippen LogP contribution in [-0.2, 0) is 14.4 Å². The summed E-state index contributed by atoms with van der Waals surface area (Å²) < 4.78 is 0. The topological polar surface area (TPSA) is 64.2 Å². The van der Waals surface area contributed by atoms with E-state index >= 15 is 0 Å². The van der Waals surface area contributed by atoms with Gasteiger partial charge >= 0.3 is 0 Å². The fraction of sp³-hybridized carbons (Fsp3) is 0.591. The summed E-state index contributed by atoms with van der Waals surface area (Å²) in [5, 5.41) is 3.06. The molecule has 0 spiro atoms. The maximum absolute atomic E-state index is 13.3. The van der Waals surface area contributed by atoms with Gasteiger partial charge in [-0.25, -0.2) is 0 Å². The summed E-state index contributed by atoms with van der Waals surface area (Å²) >= 11 is 0. The average Bonchev–Trinajstić information content (AvgIpc) is 2.68. The van der Waals surface area contributed by atoms with E-state index in [1.807, 2.05) is 39.0 Å². The summed E-state index contributed by atoms with van der Waals surface area (Å²) in [5.74, 6) is 2.51. The number of fused-ring (bicyclic) bond motifs is 1. The molecule has 7 heteroatoms. The number of rotatable bonds is 8. The Hall–Kier alpha value is -2.59. The van der Waals surface area contributed by atoms with Gasteiger partial charge in [0.05, 0.1) is 19.6 Å². The van der Waals surface area contributed by atoms with Crippen molar-refractivity contribution in [3.63, 3.8) is 0 Å². The third-order valence-corrected chi connectivity index (χ3v) is 5.32. The number of terminal acetylenes is 1. The number of piperazine rings is 1. The molecular formula is C22H32N4O3. The van der Waals surface area contributed by atoms with Gasteiger partial charge in [-0.2, -0.15) is 5.01 Å². The first-order chi connectivity index (χ1) is 13.9. The quantitative estimate of drug-likeness (QED) is 0.353. The molecule has 2 heterocycles. The zero-order chi connectivity index (χ0) is 21.6. The molecule has 2 aliphatic heterocycles. The van der Waals surface area contributed by atoms with Crippen LogP contribution in [-0.4, -0.2) is 76.4 Å². The molecule has 0 bridgehead atoms. The maximum atomic E-state index is 13.3. The smallest absolute Gasteiger partial charge is 0.245 e. The Morgan fingerprint density at radius 1 is 1.34 bits per heavy atom. The van der Waals surface area contributed by atoms with Crippen LogP contribution in [0.25, 0.3) is 0 Å². The molecule has 1 unspecified atom stereocenters. The van der Waals surface area contributed by atoms with Crippen LogP contribution in [0.4, 0.5) is 0 Å². The first-order valence-electron chi connectivity index (χ1n) is 10.2. The highest BCUT2D eigenvalue weighted by Crippen LogP contribution is 2.29. The van der Waals surface area contributed by atoms with E-state index in [0.29, 0.717) is 19.4 Å². The van der Waals surface area contributed by atoms with E-state index in [9.17, 15) is 14.4 Å². The Morgan fingerprint density at radius 3 is 2.62 bits per heavy atom. The van der Waals surface area contributed by atoms with E-state index < -0.39 is 12.2 Å². The van der Waals surface area contributed by atoms with E-state index in [0.717, 1.165) is 12.0 Å². The molecule has 0 aromatic carbocycles. The number of carbonyl (C=O) groups is 3. The van der Waals surface area contributed by atoms with Gasteiger partial charge < -0.3 is 9.80 Å². The van der Waals surface area contributed by atoms with Gasteiger partial charge in [0.15, 0.2) is 0 Å². The zero-order valence-electron chi connectivity index (χ0n) is 17.9. The molecule has 2 aliphatic rings. The lowest BCUT2D eigenvalue weighted by Crippen LogP contribution is -2.74. The van der Waals surface area contributed by atoms with Crippen LogP contribution in [0.15, 0.2) is 23.8 Å². The zero-order valence-corrected chi connectivity index (χ0v) is 17.9. The molecule has 29 heavy (non-hydrogen) atoms. The number of hydrogen-bond donors (Lipinski definition) is 0. The van der Waals surface area contributed by atoms with E-state index in [2.05, 4.69) is 12.8 Å². The Balaban J connectivity index is 2.40. The van der Waals surface area contributed by atoms with Gasteiger partial charge in [-0.1, -0.05) is 50.5 Å². The number of nitrogens with zero attached hydrogens (tertiary/aromatic N) is 4. The number of carbonyl (C=O) groups excluding carboxylic acids is 3. The summed E-state index contributed by atoms with van der Waals surface area (Å²) in [7, 11) is 0. The van der Waals surface area contributed by atoms with Crippen LogP contribution >= 0.6 is 0 Å². The number of allylic oxidation sites excluding steroid dienone is 3. The second-order valence-corrected chi connectivity index (χ2v) is 7.86. The normalized spacial score (nSPS) is 23.7. The molecule has 0 N–H and O–H groups in total. The molecular weight excluding hydrogens is 368 g/mol. The van der Waals surface area contributed by atoms with Crippen molar-refractivity contribution in [3.8, 4) is 12.3 Å². The van der Waals surface area contributed by atoms with Crippen LogP contribution in [0, 0.1) is 18.3 Å². The SMILES string of the molecule is C#CCN1CC(=O)N2C(CN(C/C(=C/C=C\C)CC)C(=O)[C@@H]2CC(C)C)N1C=O. The van der Waals surface area contributed by atoms with Gasteiger partial charge in [-0.05, 0) is 25.7 Å². The van der Waals surface area contributed by atoms with Crippen LogP contribution in [0.3, 0.4) is 0 Å². The van der Waals surface area contributed by atoms with E-state index in [1.165, 1.54) is 5.01 Å². The van der Waals surface area contributed by atoms with Gasteiger partial charge in [0.1, 0.15) is 12.2 Å². The fourth-order valence-corrected chi connectivity index (χ4v) is 3.91. The minimum absolute atomic E-state index is 0.00270. The molecule has 0 aromatic heterocycles. The lowest BCUT2D eigenvalue weighted by atomic mass is 9.96. The van der Waals surface area contributed by atoms with Crippen molar-refractivity contribution < 1.29 is 14.4 Å². The van der Waals surface area contributed by atoms with Crippen LogP contribution in [0.1, 0.15) is 40.5 Å². The van der Waals surface area contributed by atoms with Gasteiger partial charge in [0, 0.05) is 6.54 Å². The Morgan fingerprint density at radius 2 is 2.07 bits per heavy atom. The molecule has 0 radical (unpaired) electrons. The van der Waals surface area contributed by atoms with Crippen molar-refractivity contribution in [2.24, 2.45) is 5.92 Å². The third kappa shape index (κ3) is 5.07. The largest absolute Gasteiger partial charge is 0.333 e. The predicted octanol–water partition coefficient (Wildman–Crippen LogP) is 1.63. The van der Waals surface area contributed by atoms with Crippen LogP contribution in [0.2, 0.25) is 0 Å². The molecule has 0 saturated carbocycles. The van der Waals surface area contributed by atoms with Crippen molar-refractivity contribution in [1.29, 1.82) is 0 Å². The van der Waals surface area contributed by atoms with Crippen molar-refractivity contribution in [1.82, 2.24) is 19.8 Å². The minimum atomic E-state index is -0.573. The van der Waals surface area contributed by atoms with Crippen molar-refractivity contribution >= 4 is 18.2 Å². The molecule has 2 saturated heterocycles. The lowest BCUT2D eigenvalue weighted by molar-refractivity contribution is -0.198. The van der Waals surface area contributed by atoms with Crippen molar-refractivity contribution in [2.45, 2.75) is 52.7 Å². The number of hydrazine groups is 1. The Bertz CT molecular complexity index is 722. The van der Waals surface area contributed by atoms with Crippen molar-refractivity contribution in [3.05, 3.63) is 23.8 Å². The Kier molecular flexibility index (Phi) is 8.03. The summed E-state index contributed by atoms with van der Waals surface area (Å²) in [6.07, 6.45) is 12.9. The molecule has 0 aliphatic carbocycles. The van der Waals surface area contributed by atoms with E-state index in [-0.39, 0.29) is 37.4 Å². The van der Waals surface area contributed by atoms with E-state index in [1.54, 1.807) is 14.8 Å². The monoisotopic (exact) mass is 400 g/mol. The first-order valence-corrected chi connectivity index (χ1v) is 10.2. The minimum Gasteiger partial charge on any atom is -0.333 e. The van der Waals surface area contributed by atoms with Crippen LogP contribution < -0.4 is 0 Å². The molecule has 3 amide bonds. The first kappa shape index (κ1) is 22.7. The highest BCUT2D eigenvalue weighted by Gasteiger charge is 2.49.